The van der Waals surface area contributed by atoms with Crippen LogP contribution in [-0.4, -0.2) is 48.8 Å². The van der Waals surface area contributed by atoms with Crippen molar-refractivity contribution in [1.29, 1.82) is 0 Å². The Bertz CT molecular complexity index is 617. The molecule has 0 radical (unpaired) electrons. The van der Waals surface area contributed by atoms with Gasteiger partial charge in [-0.25, -0.2) is 4.79 Å². The smallest absolute Gasteiger partial charge is 0.321 e. The van der Waals surface area contributed by atoms with Gasteiger partial charge in [0, 0.05) is 44.5 Å². The third-order valence-electron chi connectivity index (χ3n) is 5.74. The van der Waals surface area contributed by atoms with E-state index in [2.05, 4.69) is 5.32 Å². The number of benzene rings is 1. The minimum atomic E-state index is -0.546. The van der Waals surface area contributed by atoms with Crippen molar-refractivity contribution < 1.29 is 9.90 Å². The number of urea groups is 1. The highest BCUT2D eigenvalue weighted by Crippen LogP contribution is 2.40. The normalized spacial score (nSPS) is 26.7. The van der Waals surface area contributed by atoms with E-state index < -0.39 is 5.60 Å². The second-order valence-electron chi connectivity index (χ2n) is 7.52. The standard InChI is InChI=1S/C19H29N3O2/c1-14-16(8-6-9-17(14)21(2)3)20-18(23)22-12-11-19(24)10-5-4-7-15(19)13-22/h6,8-9,15,24H,4-5,7,10-13H2,1-3H3,(H,20,23)/t15-,19-/m0/s1. The van der Waals surface area contributed by atoms with E-state index in [1.165, 1.54) is 0 Å². The highest BCUT2D eigenvalue weighted by molar-refractivity contribution is 5.91. The van der Waals surface area contributed by atoms with E-state index in [1.807, 2.05) is 49.0 Å². The first kappa shape index (κ1) is 17.1. The van der Waals surface area contributed by atoms with Gasteiger partial charge in [-0.1, -0.05) is 18.9 Å². The van der Waals surface area contributed by atoms with Gasteiger partial charge < -0.3 is 20.2 Å². The summed E-state index contributed by atoms with van der Waals surface area (Å²) in [4.78, 5) is 16.6. The van der Waals surface area contributed by atoms with Crippen molar-refractivity contribution in [3.63, 3.8) is 0 Å². The number of hydrogen-bond acceptors (Lipinski definition) is 3. The molecule has 2 amide bonds. The monoisotopic (exact) mass is 331 g/mol. The van der Waals surface area contributed by atoms with Gasteiger partial charge in [0.05, 0.1) is 5.60 Å². The number of nitrogens with one attached hydrogen (secondary N) is 1. The predicted molar refractivity (Wildman–Crippen MR) is 97.6 cm³/mol. The Balaban J connectivity index is 1.69. The SMILES string of the molecule is Cc1c(NC(=O)N2CC[C@@]3(O)CCCC[C@H]3C2)cccc1N(C)C. The molecule has 1 aromatic carbocycles. The molecule has 132 valence electrons. The molecule has 0 bridgehead atoms. The lowest BCUT2D eigenvalue weighted by atomic mass is 9.71. The van der Waals surface area contributed by atoms with E-state index in [1.54, 1.807) is 0 Å². The molecule has 5 heteroatoms. The summed E-state index contributed by atoms with van der Waals surface area (Å²) in [5.41, 5.74) is 2.49. The number of amides is 2. The number of likely N-dealkylation sites (tertiary alicyclic amines) is 1. The van der Waals surface area contributed by atoms with Crippen LogP contribution < -0.4 is 10.2 Å². The number of nitrogens with zero attached hydrogens (tertiary/aromatic N) is 2. The molecule has 1 aliphatic heterocycles. The Morgan fingerprint density at radius 3 is 2.88 bits per heavy atom. The largest absolute Gasteiger partial charge is 0.389 e. The lowest BCUT2D eigenvalue weighted by Gasteiger charge is -2.47. The molecule has 1 aliphatic carbocycles. The van der Waals surface area contributed by atoms with Crippen LogP contribution in [0.2, 0.25) is 0 Å². The predicted octanol–water partition coefficient (Wildman–Crippen LogP) is 3.22. The summed E-state index contributed by atoms with van der Waals surface area (Å²) in [6.07, 6.45) is 4.87. The second kappa shape index (κ2) is 6.63. The van der Waals surface area contributed by atoms with Crippen LogP contribution in [0.15, 0.2) is 18.2 Å². The molecule has 2 atom stereocenters. The lowest BCUT2D eigenvalue weighted by Crippen LogP contribution is -2.55. The molecule has 1 aromatic rings. The number of aliphatic hydroxyl groups is 1. The van der Waals surface area contributed by atoms with Gasteiger partial charge in [0.1, 0.15) is 0 Å². The van der Waals surface area contributed by atoms with Crippen LogP contribution in [0.1, 0.15) is 37.7 Å². The molecule has 5 nitrogen and oxygen atoms in total. The van der Waals surface area contributed by atoms with Gasteiger partial charge >= 0.3 is 6.03 Å². The zero-order valence-corrected chi connectivity index (χ0v) is 15.0. The summed E-state index contributed by atoms with van der Waals surface area (Å²) in [5, 5.41) is 13.8. The fraction of sp³-hybridized carbons (Fsp3) is 0.632. The molecule has 1 saturated carbocycles. The summed E-state index contributed by atoms with van der Waals surface area (Å²) >= 11 is 0. The van der Waals surface area contributed by atoms with Crippen molar-refractivity contribution in [1.82, 2.24) is 4.90 Å². The van der Waals surface area contributed by atoms with Gasteiger partial charge in [0.25, 0.3) is 0 Å². The van der Waals surface area contributed by atoms with Crippen LogP contribution in [0.5, 0.6) is 0 Å². The number of fused-ring (bicyclic) bond motifs is 1. The molecule has 1 saturated heterocycles. The molecular weight excluding hydrogens is 302 g/mol. The van der Waals surface area contributed by atoms with Crippen LogP contribution in [0.4, 0.5) is 16.2 Å². The maximum absolute atomic E-state index is 12.7. The van der Waals surface area contributed by atoms with E-state index in [0.29, 0.717) is 19.5 Å². The minimum Gasteiger partial charge on any atom is -0.389 e. The van der Waals surface area contributed by atoms with Gasteiger partial charge in [0.2, 0.25) is 0 Å². The van der Waals surface area contributed by atoms with E-state index in [-0.39, 0.29) is 11.9 Å². The zero-order valence-electron chi connectivity index (χ0n) is 15.0. The van der Waals surface area contributed by atoms with Crippen molar-refractivity contribution in [2.24, 2.45) is 5.92 Å². The summed E-state index contributed by atoms with van der Waals surface area (Å²) < 4.78 is 0. The number of hydrogen-bond donors (Lipinski definition) is 2. The molecule has 0 aromatic heterocycles. The van der Waals surface area contributed by atoms with E-state index >= 15 is 0 Å². The summed E-state index contributed by atoms with van der Waals surface area (Å²) in [6, 6.07) is 5.91. The number of carbonyl (C=O) groups is 1. The van der Waals surface area contributed by atoms with Crippen molar-refractivity contribution in [2.45, 2.75) is 44.6 Å². The maximum Gasteiger partial charge on any atom is 0.321 e. The third-order valence-corrected chi connectivity index (χ3v) is 5.74. The highest BCUT2D eigenvalue weighted by Gasteiger charge is 2.43. The number of anilines is 2. The van der Waals surface area contributed by atoms with E-state index in [9.17, 15) is 9.90 Å². The fourth-order valence-electron chi connectivity index (χ4n) is 4.19. The van der Waals surface area contributed by atoms with Crippen LogP contribution in [-0.2, 0) is 0 Å². The third kappa shape index (κ3) is 3.22. The lowest BCUT2D eigenvalue weighted by molar-refractivity contribution is -0.0863. The molecule has 3 rings (SSSR count). The topological polar surface area (TPSA) is 55.8 Å². The Kier molecular flexibility index (Phi) is 4.72. The second-order valence-corrected chi connectivity index (χ2v) is 7.52. The molecule has 1 heterocycles. The zero-order chi connectivity index (χ0) is 17.3. The van der Waals surface area contributed by atoms with Gasteiger partial charge in [-0.3, -0.25) is 0 Å². The number of carbonyl (C=O) groups excluding carboxylic acids is 1. The molecule has 0 unspecified atom stereocenters. The molecule has 0 spiro atoms. The van der Waals surface area contributed by atoms with Gasteiger partial charge in [0.15, 0.2) is 0 Å². The molecule has 2 aliphatic rings. The Morgan fingerprint density at radius 2 is 2.12 bits per heavy atom. The van der Waals surface area contributed by atoms with Crippen LogP contribution in [0, 0.1) is 12.8 Å². The van der Waals surface area contributed by atoms with Crippen molar-refractivity contribution in [3.05, 3.63) is 23.8 Å². The summed E-state index contributed by atoms with van der Waals surface area (Å²) in [7, 11) is 4.00. The number of piperidine rings is 1. The fourth-order valence-corrected chi connectivity index (χ4v) is 4.19. The van der Waals surface area contributed by atoms with Gasteiger partial charge in [-0.2, -0.15) is 0 Å². The summed E-state index contributed by atoms with van der Waals surface area (Å²) in [6.45, 7) is 3.32. The van der Waals surface area contributed by atoms with E-state index in [0.717, 1.165) is 42.6 Å². The summed E-state index contributed by atoms with van der Waals surface area (Å²) in [5.74, 6) is 0.222. The molecular formula is C19H29N3O2. The van der Waals surface area contributed by atoms with Crippen molar-refractivity contribution >= 4 is 17.4 Å². The Labute approximate surface area is 144 Å². The minimum absolute atomic E-state index is 0.0540. The van der Waals surface area contributed by atoms with Crippen LogP contribution in [0.3, 0.4) is 0 Å². The molecule has 24 heavy (non-hydrogen) atoms. The van der Waals surface area contributed by atoms with Gasteiger partial charge in [-0.05, 0) is 43.9 Å². The quantitative estimate of drug-likeness (QED) is 0.875. The Morgan fingerprint density at radius 1 is 1.33 bits per heavy atom. The maximum atomic E-state index is 12.7. The van der Waals surface area contributed by atoms with Crippen molar-refractivity contribution in [2.75, 3.05) is 37.4 Å². The first-order valence-corrected chi connectivity index (χ1v) is 8.96. The highest BCUT2D eigenvalue weighted by atomic mass is 16.3. The first-order valence-electron chi connectivity index (χ1n) is 8.96. The van der Waals surface area contributed by atoms with E-state index in [4.69, 9.17) is 0 Å². The van der Waals surface area contributed by atoms with Crippen LogP contribution in [0.25, 0.3) is 0 Å². The average Bonchev–Trinajstić information content (AvgIpc) is 2.55. The molecule has 2 fully saturated rings. The average molecular weight is 331 g/mol. The van der Waals surface area contributed by atoms with Crippen LogP contribution >= 0.6 is 0 Å². The number of rotatable bonds is 2. The molecule has 2 N–H and O–H groups in total. The van der Waals surface area contributed by atoms with Gasteiger partial charge in [-0.15, -0.1) is 0 Å². The Hall–Kier alpha value is -1.75. The van der Waals surface area contributed by atoms with Crippen molar-refractivity contribution in [3.8, 4) is 0 Å². The first-order chi connectivity index (χ1) is 11.4.